The van der Waals surface area contributed by atoms with Gasteiger partial charge in [-0.25, -0.2) is 0 Å². The molecule has 0 aliphatic rings. The molecule has 0 spiro atoms. The lowest BCUT2D eigenvalue weighted by molar-refractivity contribution is -0.162. The second kappa shape index (κ2) is 3.18. The molecule has 0 N–H and O–H groups in total. The van der Waals surface area contributed by atoms with Crippen molar-refractivity contribution < 1.29 is 26.3 Å². The van der Waals surface area contributed by atoms with Gasteiger partial charge in [0.15, 0.2) is 0 Å². The Morgan fingerprint density at radius 3 is 1.21 bits per heavy atom. The Kier molecular flexibility index (Phi) is 2.47. The Balaban J connectivity index is 3.31. The zero-order chi connectivity index (χ0) is 11.0. The molecular formula is C8H2F6. The third-order valence-corrected chi connectivity index (χ3v) is 1.42. The molecule has 0 bridgehead atoms. The van der Waals surface area contributed by atoms with Crippen molar-refractivity contribution in [3.63, 3.8) is 0 Å². The molecule has 0 nitrogen and oxygen atoms in total. The van der Waals surface area contributed by atoms with Crippen molar-refractivity contribution in [2.75, 3.05) is 0 Å². The largest absolute Gasteiger partial charge is 0.417 e. The molecule has 76 valence electrons. The maximum atomic E-state index is 12.0. The molecule has 0 aliphatic carbocycles. The topological polar surface area (TPSA) is 0 Å². The van der Waals surface area contributed by atoms with Gasteiger partial charge < -0.3 is 0 Å². The van der Waals surface area contributed by atoms with Crippen molar-refractivity contribution in [2.24, 2.45) is 0 Å². The molecule has 0 aliphatic heterocycles. The van der Waals surface area contributed by atoms with Crippen LogP contribution in [0.4, 0.5) is 26.3 Å². The highest BCUT2D eigenvalue weighted by Crippen LogP contribution is 2.39. The van der Waals surface area contributed by atoms with E-state index in [1.165, 1.54) is 0 Å². The Morgan fingerprint density at radius 1 is 0.714 bits per heavy atom. The highest BCUT2D eigenvalue weighted by atomic mass is 19.4. The zero-order valence-electron chi connectivity index (χ0n) is 6.42. The van der Waals surface area contributed by atoms with Crippen LogP contribution in [0, 0.1) is 12.1 Å². The van der Waals surface area contributed by atoms with Gasteiger partial charge in [0.05, 0.1) is 11.1 Å². The van der Waals surface area contributed by atoms with Gasteiger partial charge in [0.1, 0.15) is 0 Å². The molecule has 0 heterocycles. The van der Waals surface area contributed by atoms with Crippen LogP contribution < -0.4 is 0 Å². The molecule has 0 saturated carbocycles. The standard InChI is InChI=1S/C8H2F6/c9-7(10,11)5-3-1-2-4-6(5)8(12,13)14/h3-4H. The van der Waals surface area contributed by atoms with Gasteiger partial charge in [0, 0.05) is 0 Å². The third kappa shape index (κ3) is 2.18. The molecule has 1 aromatic rings. The summed E-state index contributed by atoms with van der Waals surface area (Å²) in [5, 5.41) is 0. The van der Waals surface area contributed by atoms with Crippen LogP contribution in [-0.2, 0) is 12.4 Å². The Hall–Kier alpha value is -1.20. The van der Waals surface area contributed by atoms with Gasteiger partial charge in [0.25, 0.3) is 0 Å². The predicted octanol–water partition coefficient (Wildman–Crippen LogP) is 3.32. The Bertz CT molecular complexity index is 288. The van der Waals surface area contributed by atoms with Gasteiger partial charge in [-0.15, -0.1) is 0 Å². The van der Waals surface area contributed by atoms with E-state index in [-0.39, 0.29) is 12.1 Å². The van der Waals surface area contributed by atoms with Crippen LogP contribution in [0.25, 0.3) is 0 Å². The van der Waals surface area contributed by atoms with Gasteiger partial charge in [0.2, 0.25) is 0 Å². The molecule has 0 atom stereocenters. The highest BCUT2D eigenvalue weighted by Gasteiger charge is 2.42. The minimum absolute atomic E-state index is 0.225. The first-order valence-electron chi connectivity index (χ1n) is 3.29. The number of alkyl halides is 6. The average Bonchev–Trinajstić information content (AvgIpc) is 2.01. The van der Waals surface area contributed by atoms with E-state index < -0.39 is 23.5 Å². The van der Waals surface area contributed by atoms with E-state index in [0.29, 0.717) is 0 Å². The number of hydrogen-bond acceptors (Lipinski definition) is 0. The lowest BCUT2D eigenvalue weighted by Crippen LogP contribution is -2.16. The summed E-state index contributed by atoms with van der Waals surface area (Å²) in [6.45, 7) is 0. The molecule has 2 radical (unpaired) electrons. The molecule has 1 aromatic carbocycles. The second-order valence-electron chi connectivity index (χ2n) is 2.40. The van der Waals surface area contributed by atoms with E-state index in [0.717, 1.165) is 0 Å². The first-order chi connectivity index (χ1) is 6.23. The lowest BCUT2D eigenvalue weighted by Gasteiger charge is -2.14. The monoisotopic (exact) mass is 212 g/mol. The molecule has 1 rings (SSSR count). The quantitative estimate of drug-likeness (QED) is 0.578. The van der Waals surface area contributed by atoms with E-state index in [9.17, 15) is 26.3 Å². The average molecular weight is 212 g/mol. The van der Waals surface area contributed by atoms with Crippen LogP contribution >= 0.6 is 0 Å². The smallest absolute Gasteiger partial charge is 0.166 e. The van der Waals surface area contributed by atoms with Gasteiger partial charge in [-0.3, -0.25) is 0 Å². The van der Waals surface area contributed by atoms with Crippen LogP contribution in [0.1, 0.15) is 11.1 Å². The number of rotatable bonds is 0. The predicted molar refractivity (Wildman–Crippen MR) is 34.1 cm³/mol. The van der Waals surface area contributed by atoms with E-state index in [2.05, 4.69) is 0 Å². The third-order valence-electron chi connectivity index (χ3n) is 1.42. The summed E-state index contributed by atoms with van der Waals surface area (Å²) < 4.78 is 72.3. The first-order valence-corrected chi connectivity index (χ1v) is 3.29. The molecule has 0 aromatic heterocycles. The molecule has 0 unspecified atom stereocenters. The highest BCUT2D eigenvalue weighted by molar-refractivity contribution is 5.30. The fourth-order valence-electron chi connectivity index (χ4n) is 0.852. The van der Waals surface area contributed by atoms with E-state index >= 15 is 0 Å². The molecule has 0 amide bonds. The van der Waals surface area contributed by atoms with Gasteiger partial charge >= 0.3 is 12.4 Å². The Morgan fingerprint density at radius 2 is 1.00 bits per heavy atom. The summed E-state index contributed by atoms with van der Waals surface area (Å²) in [7, 11) is 0. The summed E-state index contributed by atoms with van der Waals surface area (Å²) in [4.78, 5) is 0. The first kappa shape index (κ1) is 10.9. The Labute approximate surface area is 75.2 Å². The van der Waals surface area contributed by atoms with Crippen LogP contribution in [-0.4, -0.2) is 0 Å². The summed E-state index contributed by atoms with van der Waals surface area (Å²) in [5.74, 6) is 0. The second-order valence-corrected chi connectivity index (χ2v) is 2.40. The molecule has 6 heteroatoms. The fourth-order valence-corrected chi connectivity index (χ4v) is 0.852. The molecule has 14 heavy (non-hydrogen) atoms. The minimum atomic E-state index is -5.03. The normalized spacial score (nSPS) is 13.0. The van der Waals surface area contributed by atoms with Gasteiger partial charge in [-0.05, 0) is 24.3 Å². The molecule has 0 saturated heterocycles. The maximum Gasteiger partial charge on any atom is 0.417 e. The SMILES string of the molecule is FC(F)(F)c1c[c][c]cc1C(F)(F)F. The van der Waals surface area contributed by atoms with Crippen molar-refractivity contribution in [3.05, 3.63) is 35.4 Å². The summed E-state index contributed by atoms with van der Waals surface area (Å²) in [5.41, 5.74) is -3.49. The van der Waals surface area contributed by atoms with Crippen molar-refractivity contribution in [1.29, 1.82) is 0 Å². The molecule has 0 fully saturated rings. The van der Waals surface area contributed by atoms with E-state index in [1.807, 2.05) is 12.1 Å². The molecular weight excluding hydrogens is 210 g/mol. The number of halogens is 6. The summed E-state index contributed by atoms with van der Waals surface area (Å²) in [6.07, 6.45) is -10.1. The minimum Gasteiger partial charge on any atom is -0.166 e. The van der Waals surface area contributed by atoms with Crippen molar-refractivity contribution in [3.8, 4) is 0 Å². The van der Waals surface area contributed by atoms with E-state index in [4.69, 9.17) is 0 Å². The van der Waals surface area contributed by atoms with Crippen molar-refractivity contribution >= 4 is 0 Å². The van der Waals surface area contributed by atoms with Crippen molar-refractivity contribution in [2.45, 2.75) is 12.4 Å². The van der Waals surface area contributed by atoms with Crippen LogP contribution in [0.3, 0.4) is 0 Å². The van der Waals surface area contributed by atoms with Gasteiger partial charge in [-0.2, -0.15) is 26.3 Å². The summed E-state index contributed by atoms with van der Waals surface area (Å²) in [6, 6.07) is 4.12. The number of hydrogen-bond donors (Lipinski definition) is 0. The van der Waals surface area contributed by atoms with E-state index in [1.54, 1.807) is 0 Å². The summed E-state index contributed by atoms with van der Waals surface area (Å²) >= 11 is 0. The fraction of sp³-hybridized carbons (Fsp3) is 0.250. The zero-order valence-corrected chi connectivity index (χ0v) is 6.42. The van der Waals surface area contributed by atoms with Crippen molar-refractivity contribution in [1.82, 2.24) is 0 Å². The van der Waals surface area contributed by atoms with Gasteiger partial charge in [-0.1, -0.05) is 0 Å². The van der Waals surface area contributed by atoms with Crippen LogP contribution in [0.15, 0.2) is 12.1 Å². The number of benzene rings is 1. The van der Waals surface area contributed by atoms with Crippen LogP contribution in [0.5, 0.6) is 0 Å². The lowest BCUT2D eigenvalue weighted by atomic mass is 10.1. The van der Waals surface area contributed by atoms with Crippen LogP contribution in [0.2, 0.25) is 0 Å². The maximum absolute atomic E-state index is 12.0.